The lowest BCUT2D eigenvalue weighted by molar-refractivity contribution is -0.121. The van der Waals surface area contributed by atoms with Crippen molar-refractivity contribution in [3.8, 4) is 0 Å². The van der Waals surface area contributed by atoms with Crippen molar-refractivity contribution < 1.29 is 39.1 Å². The van der Waals surface area contributed by atoms with Gasteiger partial charge in [0.15, 0.2) is 28.9 Å². The molecule has 0 aliphatic rings. The Labute approximate surface area is 717 Å². The number of hydrogen-bond donors (Lipinski definition) is 9. The van der Waals surface area contributed by atoms with E-state index in [0.29, 0.717) is 138 Å². The number of aromatic amines is 4. The highest BCUT2D eigenvalue weighted by atomic mass is 79.9. The molecular formula is C82H83Br2N13O13S8. The Morgan fingerprint density at radius 2 is 0.746 bits per heavy atom. The lowest BCUT2D eigenvalue weighted by atomic mass is 10.1. The summed E-state index contributed by atoms with van der Waals surface area (Å²) in [5.74, 6) is 3.25. The van der Waals surface area contributed by atoms with Crippen LogP contribution in [0.5, 0.6) is 0 Å². The van der Waals surface area contributed by atoms with Crippen LogP contribution in [0.1, 0.15) is 75.0 Å². The number of sulfonamides is 2. The molecule has 0 fully saturated rings. The van der Waals surface area contributed by atoms with E-state index in [2.05, 4.69) is 68.3 Å². The number of carbonyl (C=O) groups is 2. The molecule has 12 N–H and O–H groups in total. The summed E-state index contributed by atoms with van der Waals surface area (Å²) in [6.45, 7) is 6.38. The molecule has 26 nitrogen and oxygen atoms in total. The van der Waals surface area contributed by atoms with Gasteiger partial charge in [-0.3, -0.25) is 52.2 Å². The Bertz CT molecular complexity index is 6790. The number of rotatable bonds is 25. The molecule has 1 atom stereocenters. The van der Waals surface area contributed by atoms with E-state index in [9.17, 15) is 58.2 Å². The molecule has 0 aliphatic carbocycles. The van der Waals surface area contributed by atoms with Crippen LogP contribution in [-0.2, 0) is 96.2 Å². The predicted molar refractivity (Wildman–Crippen MR) is 482 cm³/mol. The van der Waals surface area contributed by atoms with Crippen molar-refractivity contribution in [1.82, 2.24) is 48.8 Å². The number of unbranched alkanes of at least 4 members (excludes halogenated alkanes) is 2. The highest BCUT2D eigenvalue weighted by molar-refractivity contribution is 9.10. The quantitative estimate of drug-likeness (QED) is 0.0190. The van der Waals surface area contributed by atoms with Gasteiger partial charge in [-0.05, 0) is 256 Å². The third kappa shape index (κ3) is 24.6. The molecule has 0 saturated carbocycles. The van der Waals surface area contributed by atoms with Gasteiger partial charge in [0.25, 0.3) is 28.1 Å². The zero-order chi connectivity index (χ0) is 85.6. The lowest BCUT2D eigenvalue weighted by Gasteiger charge is -2.10. The molecule has 616 valence electrons. The van der Waals surface area contributed by atoms with Gasteiger partial charge in [0.2, 0.25) is 26.0 Å². The SMILES string of the molecule is C=S(N)(=O)c1ccc(CCNC(=O)c2ccc(Cn3c(=S)[nH]c4ccc(Br)cc4c3=O)cc2)cc1.CS(=O)(=O)c1ccc(CCNC(=O)CCCCCn2c(=S)[nH]c3ccc(Br)cc3c2=O)cc1.Cc1ccc2[nH]c(=S)n(CCc3ccc(S(N)(=O)=O)cc3)c(=O)c2c1.Cc1ccc2[nH]c(=S)n(CCc3ccc(S(N)(=O)=O)cc3)c(=O)c2c1. The number of halogens is 2. The van der Waals surface area contributed by atoms with Gasteiger partial charge >= 0.3 is 0 Å². The van der Waals surface area contributed by atoms with Gasteiger partial charge in [-0.25, -0.2) is 39.7 Å². The van der Waals surface area contributed by atoms with Crippen LogP contribution < -0.4 is 48.3 Å². The summed E-state index contributed by atoms with van der Waals surface area (Å²) >= 11 is 28.1. The number of primary sulfonamides is 2. The fourth-order valence-electron chi connectivity index (χ4n) is 12.4. The normalized spacial score (nSPS) is 12.0. The number of sulfone groups is 1. The average molecular weight is 1870 g/mol. The van der Waals surface area contributed by atoms with Crippen LogP contribution in [0.15, 0.2) is 242 Å². The number of H-pyrrole nitrogens is 4. The molecule has 4 aromatic heterocycles. The molecule has 9 aromatic carbocycles. The summed E-state index contributed by atoms with van der Waals surface area (Å²) in [4.78, 5) is 88.9. The van der Waals surface area contributed by atoms with Crippen LogP contribution in [0.4, 0.5) is 0 Å². The van der Waals surface area contributed by atoms with E-state index >= 15 is 0 Å². The maximum absolute atomic E-state index is 13.0. The first-order valence-electron chi connectivity index (χ1n) is 36.5. The van der Waals surface area contributed by atoms with Gasteiger partial charge in [-0.2, -0.15) is 0 Å². The molecule has 0 spiro atoms. The number of aryl methyl sites for hydroxylation is 4. The number of fused-ring (bicyclic) bond motifs is 4. The lowest BCUT2D eigenvalue weighted by Crippen LogP contribution is -2.26. The highest BCUT2D eigenvalue weighted by Gasteiger charge is 2.16. The molecule has 1 unspecified atom stereocenters. The molecular weight excluding hydrogens is 1790 g/mol. The summed E-state index contributed by atoms with van der Waals surface area (Å²) in [6.07, 6.45) is 6.20. The molecule has 0 radical (unpaired) electrons. The number of carbonyl (C=O) groups excluding carboxylic acids is 2. The molecule has 13 rings (SSSR count). The predicted octanol–water partition coefficient (Wildman–Crippen LogP) is 12.5. The van der Waals surface area contributed by atoms with Gasteiger partial charge in [-0.15, -0.1) is 0 Å². The van der Waals surface area contributed by atoms with E-state index in [1.165, 1.54) is 44.2 Å². The zero-order valence-corrected chi connectivity index (χ0v) is 73.6. The topological polar surface area (TPSA) is 407 Å². The second-order valence-corrected chi connectivity index (χ2v) is 38.2. The highest BCUT2D eigenvalue weighted by Crippen LogP contribution is 2.21. The van der Waals surface area contributed by atoms with E-state index in [4.69, 9.17) is 64.3 Å². The number of nitrogens with zero attached hydrogens (tertiary/aromatic N) is 4. The fourth-order valence-corrected chi connectivity index (χ4v) is 16.5. The monoisotopic (exact) mass is 1870 g/mol. The smallest absolute Gasteiger partial charge is 0.262 e. The van der Waals surface area contributed by atoms with Crippen LogP contribution in [-0.4, -0.2) is 105 Å². The molecule has 36 heteroatoms. The van der Waals surface area contributed by atoms with Crippen LogP contribution in [0.3, 0.4) is 0 Å². The second kappa shape index (κ2) is 39.8. The van der Waals surface area contributed by atoms with Crippen LogP contribution in [0.25, 0.3) is 43.6 Å². The minimum atomic E-state index is -3.71. The molecule has 118 heavy (non-hydrogen) atoms. The maximum atomic E-state index is 13.0. The van der Waals surface area contributed by atoms with Crippen LogP contribution in [0, 0.1) is 32.9 Å². The van der Waals surface area contributed by atoms with Gasteiger partial charge in [0, 0.05) is 64.8 Å². The summed E-state index contributed by atoms with van der Waals surface area (Å²) in [5, 5.41) is 23.8. The number of nitrogens with two attached hydrogens (primary N) is 3. The van der Waals surface area contributed by atoms with Crippen molar-refractivity contribution in [3.05, 3.63) is 308 Å². The zero-order valence-electron chi connectivity index (χ0n) is 63.9. The van der Waals surface area contributed by atoms with Gasteiger partial charge in [0.1, 0.15) is 0 Å². The number of amides is 2. The Balaban J connectivity index is 0.000000167. The maximum Gasteiger partial charge on any atom is 0.262 e. The third-order valence-corrected chi connectivity index (χ3v) is 25.2. The minimum Gasteiger partial charge on any atom is -0.356 e. The summed E-state index contributed by atoms with van der Waals surface area (Å²) in [5.41, 5.74) is 9.36. The first-order chi connectivity index (χ1) is 55.8. The van der Waals surface area contributed by atoms with E-state index in [1.807, 2.05) is 98.8 Å². The van der Waals surface area contributed by atoms with Gasteiger partial charge < -0.3 is 30.6 Å². The molecule has 0 aliphatic heterocycles. The molecule has 4 heterocycles. The Hall–Kier alpha value is -9.93. The largest absolute Gasteiger partial charge is 0.356 e. The Kier molecular flexibility index (Phi) is 30.5. The number of nitrogens with one attached hydrogen (secondary N) is 6. The van der Waals surface area contributed by atoms with E-state index in [1.54, 1.807) is 89.5 Å². The Morgan fingerprint density at radius 3 is 1.14 bits per heavy atom. The summed E-state index contributed by atoms with van der Waals surface area (Å²) in [6, 6.07) is 55.4. The average Bonchev–Trinajstić information content (AvgIpc) is 0.799. The summed E-state index contributed by atoms with van der Waals surface area (Å²) in [7, 11) is -13.3. The standard InChI is InChI=1S/C25H23BrN4O3S2.C23H26BrN3O4S2.2C17H17N3O3S2/c1-35(27,33)20-9-4-16(5-10-20)12-13-28-23(31)18-6-2-17(3-7-18)15-30-24(32)21-14-19(26)8-11-22(21)29-25(30)34;1-33(30,31)18-9-6-16(7-10-18)12-13-25-21(28)5-3-2-4-14-27-22(29)19-15-17(24)8-11-20(19)26-23(27)32;2*1-11-2-7-15-14(10-11)16(21)20(17(24)19-15)9-8-12-3-5-13(6-4-12)25(18,22)23/h2-11,14H,1,12-13,15H2,(H2,27,33)(H,28,31)(H,29,34);6-11,15H,2-5,12-14H2,1H3,(H,25,28)(H,26,32);2*2-7,10H,8-9H2,1H3,(H,19,24)(H2,18,22,23). The third-order valence-electron chi connectivity index (χ3n) is 18.9. The molecule has 0 saturated heterocycles. The van der Waals surface area contributed by atoms with Crippen molar-refractivity contribution in [1.29, 1.82) is 0 Å². The number of hydrogen-bond acceptors (Lipinski definition) is 17. The van der Waals surface area contributed by atoms with Crippen molar-refractivity contribution in [2.24, 2.45) is 15.4 Å². The van der Waals surface area contributed by atoms with Gasteiger partial charge in [-0.1, -0.05) is 122 Å². The van der Waals surface area contributed by atoms with Gasteiger partial charge in [0.05, 0.1) is 74.6 Å². The van der Waals surface area contributed by atoms with E-state index in [-0.39, 0.29) is 55.3 Å². The van der Waals surface area contributed by atoms with Crippen LogP contribution in [0.2, 0.25) is 0 Å². The first-order valence-corrected chi connectivity index (χ1v) is 46.5. The number of benzene rings is 9. The van der Waals surface area contributed by atoms with E-state index in [0.717, 1.165) is 67.2 Å². The molecule has 13 aromatic rings. The molecule has 0 bridgehead atoms. The minimum absolute atomic E-state index is 0.0206. The summed E-state index contributed by atoms with van der Waals surface area (Å²) < 4.78 is 89.1. The van der Waals surface area contributed by atoms with E-state index < -0.39 is 39.6 Å². The van der Waals surface area contributed by atoms with Crippen molar-refractivity contribution in [2.75, 3.05) is 19.3 Å². The Morgan fingerprint density at radius 1 is 0.407 bits per heavy atom. The number of aromatic nitrogens is 8. The fraction of sp³-hybridized carbons (Fsp3) is 0.207. The van der Waals surface area contributed by atoms with Crippen LogP contribution >= 0.6 is 80.7 Å². The van der Waals surface area contributed by atoms with Crippen molar-refractivity contribution >= 4 is 182 Å². The molecule has 2 amide bonds. The van der Waals surface area contributed by atoms with Crippen molar-refractivity contribution in [2.45, 2.75) is 111 Å². The first kappa shape index (κ1) is 90.4. The second-order valence-electron chi connectivity index (χ2n) is 27.7. The van der Waals surface area contributed by atoms with Crippen molar-refractivity contribution in [3.63, 3.8) is 0 Å².